The zero-order chi connectivity index (χ0) is 44.7. The molecule has 16 heteroatoms. The van der Waals surface area contributed by atoms with Gasteiger partial charge in [-0.3, -0.25) is 19.1 Å². The van der Waals surface area contributed by atoms with Gasteiger partial charge >= 0.3 is 6.09 Å². The number of carboxylic acid groups (broad SMARTS) is 1. The second-order valence-corrected chi connectivity index (χ2v) is 21.6. The summed E-state index contributed by atoms with van der Waals surface area (Å²) in [6, 6.07) is 14.3. The van der Waals surface area contributed by atoms with E-state index in [0.29, 0.717) is 38.0 Å². The third-order valence-corrected chi connectivity index (χ3v) is 16.5. The van der Waals surface area contributed by atoms with E-state index in [-0.39, 0.29) is 31.8 Å². The topological polar surface area (TPSA) is 187 Å². The van der Waals surface area contributed by atoms with Crippen molar-refractivity contribution in [2.75, 3.05) is 11.4 Å². The van der Waals surface area contributed by atoms with E-state index in [0.717, 1.165) is 53.2 Å². The summed E-state index contributed by atoms with van der Waals surface area (Å²) in [6.45, 7) is 7.86. The molecule has 3 fully saturated rings. The first-order valence-corrected chi connectivity index (χ1v) is 24.5. The van der Waals surface area contributed by atoms with Crippen LogP contribution in [-0.4, -0.2) is 88.3 Å². The SMILES string of the molecule is Cc1sc(-c2cccc3c2CCC=C(OC2CC4C(=O)NC5(C(=O)NS(=O)(=O)C6(C)CC6)CC5C=CCCCCCC(NC(=O)O)C(=O)N4C2)N3C(C)C)nc1Cc1ccccc1. The van der Waals surface area contributed by atoms with E-state index in [9.17, 15) is 32.7 Å². The Balaban J connectivity index is 1.07. The van der Waals surface area contributed by atoms with E-state index >= 15 is 0 Å². The van der Waals surface area contributed by atoms with Crippen LogP contribution >= 0.6 is 11.3 Å². The van der Waals surface area contributed by atoms with Crippen molar-refractivity contribution in [2.45, 2.75) is 139 Å². The van der Waals surface area contributed by atoms with Crippen molar-refractivity contribution in [3.63, 3.8) is 0 Å². The van der Waals surface area contributed by atoms with Crippen LogP contribution in [0.25, 0.3) is 10.6 Å². The Morgan fingerprint density at radius 1 is 1.06 bits per heavy atom. The molecular weight excluding hydrogens is 841 g/mol. The number of fused-ring (bicyclic) bond motifs is 3. The Hall–Kier alpha value is -5.22. The zero-order valence-electron chi connectivity index (χ0n) is 36.4. The Kier molecular flexibility index (Phi) is 12.5. The Labute approximate surface area is 373 Å². The molecule has 14 nitrogen and oxygen atoms in total. The largest absolute Gasteiger partial charge is 0.474 e. The number of carbonyl (C=O) groups excluding carboxylic acids is 3. The van der Waals surface area contributed by atoms with Gasteiger partial charge in [0.15, 0.2) is 5.88 Å². The number of aryl methyl sites for hydroxylation is 1. The number of sulfonamides is 1. The van der Waals surface area contributed by atoms with Gasteiger partial charge in [0.25, 0.3) is 5.91 Å². The number of nitrogens with zero attached hydrogens (tertiary/aromatic N) is 3. The number of anilines is 1. The lowest BCUT2D eigenvalue weighted by molar-refractivity contribution is -0.141. The maximum Gasteiger partial charge on any atom is 0.405 e. The number of rotatable bonds is 10. The van der Waals surface area contributed by atoms with E-state index in [2.05, 4.69) is 65.3 Å². The van der Waals surface area contributed by atoms with Crippen molar-refractivity contribution in [1.29, 1.82) is 0 Å². The van der Waals surface area contributed by atoms with Gasteiger partial charge in [-0.2, -0.15) is 0 Å². The minimum atomic E-state index is -4.01. The van der Waals surface area contributed by atoms with Crippen molar-refractivity contribution in [3.8, 4) is 10.6 Å². The van der Waals surface area contributed by atoms with Crippen molar-refractivity contribution < 1.29 is 37.4 Å². The van der Waals surface area contributed by atoms with Gasteiger partial charge in [-0.15, -0.1) is 11.3 Å². The molecule has 5 atom stereocenters. The summed E-state index contributed by atoms with van der Waals surface area (Å²) in [4.78, 5) is 64.8. The summed E-state index contributed by atoms with van der Waals surface area (Å²) in [7, 11) is -4.01. The van der Waals surface area contributed by atoms with Gasteiger partial charge in [0.05, 0.1) is 17.0 Å². The van der Waals surface area contributed by atoms with Gasteiger partial charge in [-0.1, -0.05) is 67.5 Å². The van der Waals surface area contributed by atoms with Gasteiger partial charge < -0.3 is 30.3 Å². The summed E-state index contributed by atoms with van der Waals surface area (Å²) in [5.41, 5.74) is 3.91. The molecule has 4 heterocycles. The molecule has 5 aliphatic rings. The summed E-state index contributed by atoms with van der Waals surface area (Å²) in [5, 5.41) is 16.1. The van der Waals surface area contributed by atoms with E-state index in [1.54, 1.807) is 18.3 Å². The van der Waals surface area contributed by atoms with Crippen LogP contribution in [-0.2, 0) is 42.0 Å². The van der Waals surface area contributed by atoms with Crippen molar-refractivity contribution in [2.24, 2.45) is 5.92 Å². The maximum absolute atomic E-state index is 14.6. The standard InChI is InChI=1S/C47H58N6O8S2/c1-29(2)53-38-21-13-19-35(42-48-37(30(3)62-42)25-31-15-9-8-10-16-31)34(38)18-14-22-40(53)61-33-26-39-41(54)50-47(44(56)51-63(59,60)46(4)23-24-46)27-32(47)17-11-6-5-7-12-20-36(49-45(57)58)43(55)52(39)28-33/h8-11,13,15-17,19,21-22,29,32-33,36,39,49H,5-7,12,14,18,20,23-28H2,1-4H3,(H,50,54)(H,51,56)(H,57,58). The monoisotopic (exact) mass is 898 g/mol. The number of carbonyl (C=O) groups is 4. The highest BCUT2D eigenvalue weighted by atomic mass is 32.2. The van der Waals surface area contributed by atoms with Crippen LogP contribution in [0.5, 0.6) is 0 Å². The minimum Gasteiger partial charge on any atom is -0.474 e. The summed E-state index contributed by atoms with van der Waals surface area (Å²) in [5.74, 6) is -1.84. The van der Waals surface area contributed by atoms with E-state index < -0.39 is 68.2 Å². The lowest BCUT2D eigenvalue weighted by Crippen LogP contribution is -2.58. The highest BCUT2D eigenvalue weighted by Crippen LogP contribution is 2.48. The van der Waals surface area contributed by atoms with Crippen molar-refractivity contribution >= 4 is 50.9 Å². The lowest BCUT2D eigenvalue weighted by atomic mass is 10.0. The number of benzene rings is 2. The smallest absolute Gasteiger partial charge is 0.405 e. The molecule has 1 saturated heterocycles. The molecular formula is C47H58N6O8S2. The molecule has 8 rings (SSSR count). The van der Waals surface area contributed by atoms with Crippen LogP contribution in [0.4, 0.5) is 10.5 Å². The quantitative estimate of drug-likeness (QED) is 0.159. The molecule has 63 heavy (non-hydrogen) atoms. The van der Waals surface area contributed by atoms with Crippen LogP contribution in [0, 0.1) is 12.8 Å². The van der Waals surface area contributed by atoms with Crippen LogP contribution in [0.1, 0.15) is 107 Å². The lowest BCUT2D eigenvalue weighted by Gasteiger charge is -2.33. The number of allylic oxidation sites excluding steroid dienone is 2. The van der Waals surface area contributed by atoms with Gasteiger partial charge in [-0.05, 0) is 102 Å². The van der Waals surface area contributed by atoms with Crippen LogP contribution in [0.15, 0.2) is 72.6 Å². The molecule has 4 amide bonds. The number of thiazole rings is 1. The van der Waals surface area contributed by atoms with Crippen molar-refractivity contribution in [1.82, 2.24) is 25.2 Å². The van der Waals surface area contributed by atoms with E-state index in [4.69, 9.17) is 9.72 Å². The van der Waals surface area contributed by atoms with Gasteiger partial charge in [0, 0.05) is 40.9 Å². The molecule has 2 aromatic carbocycles. The van der Waals surface area contributed by atoms with Crippen LogP contribution < -0.4 is 20.3 Å². The molecule has 0 radical (unpaired) electrons. The minimum absolute atomic E-state index is 0.0112. The number of hydrogen-bond donors (Lipinski definition) is 4. The molecule has 1 aromatic heterocycles. The first-order chi connectivity index (χ1) is 30.1. The van der Waals surface area contributed by atoms with E-state index in [1.807, 2.05) is 42.5 Å². The summed E-state index contributed by atoms with van der Waals surface area (Å²) in [6.07, 6.45) is 10.1. The molecule has 5 unspecified atom stereocenters. The first-order valence-electron chi connectivity index (χ1n) is 22.2. The third-order valence-electron chi connectivity index (χ3n) is 13.3. The van der Waals surface area contributed by atoms with Crippen LogP contribution in [0.3, 0.4) is 0 Å². The predicted molar refractivity (Wildman–Crippen MR) is 241 cm³/mol. The third kappa shape index (κ3) is 9.24. The second-order valence-electron chi connectivity index (χ2n) is 18.2. The fraction of sp³-hybridized carbons (Fsp3) is 0.511. The van der Waals surface area contributed by atoms with Crippen LogP contribution in [0.2, 0.25) is 0 Å². The number of nitrogens with one attached hydrogen (secondary N) is 3. The highest BCUT2D eigenvalue weighted by molar-refractivity contribution is 7.91. The molecule has 4 N–H and O–H groups in total. The van der Waals surface area contributed by atoms with Crippen molar-refractivity contribution in [3.05, 3.63) is 94.3 Å². The molecule has 3 aromatic rings. The normalized spacial score (nSPS) is 25.9. The molecule has 2 aliphatic carbocycles. The van der Waals surface area contributed by atoms with Gasteiger partial charge in [-0.25, -0.2) is 18.2 Å². The molecule has 2 saturated carbocycles. The predicted octanol–water partition coefficient (Wildman–Crippen LogP) is 6.73. The Bertz CT molecular complexity index is 2430. The molecule has 0 bridgehead atoms. The fourth-order valence-corrected chi connectivity index (χ4v) is 11.5. The average molecular weight is 899 g/mol. The zero-order valence-corrected chi connectivity index (χ0v) is 38.0. The summed E-state index contributed by atoms with van der Waals surface area (Å²) < 4.78 is 34.6. The molecule has 0 spiro atoms. The molecule has 336 valence electrons. The Morgan fingerprint density at radius 2 is 1.84 bits per heavy atom. The fourth-order valence-electron chi connectivity index (χ4n) is 9.22. The first kappa shape index (κ1) is 44.4. The number of amides is 4. The number of ether oxygens (including phenoxy) is 1. The number of hydrogen-bond acceptors (Lipinski definition) is 10. The summed E-state index contributed by atoms with van der Waals surface area (Å²) >= 11 is 1.69. The van der Waals surface area contributed by atoms with E-state index in [1.165, 1.54) is 15.3 Å². The van der Waals surface area contributed by atoms with Gasteiger partial charge in [0.1, 0.15) is 28.7 Å². The second kappa shape index (κ2) is 17.7. The van der Waals surface area contributed by atoms with Gasteiger partial charge in [0.2, 0.25) is 21.8 Å². The maximum atomic E-state index is 14.6. The molecule has 3 aliphatic heterocycles. The highest BCUT2D eigenvalue weighted by Gasteiger charge is 2.63. The Morgan fingerprint density at radius 3 is 2.57 bits per heavy atom. The number of aromatic nitrogens is 1. The average Bonchev–Trinajstić information content (AvgIpc) is 4.09.